The van der Waals surface area contributed by atoms with Gasteiger partial charge >= 0.3 is 17.9 Å². The van der Waals surface area contributed by atoms with Crippen molar-refractivity contribution in [3.63, 3.8) is 0 Å². The number of methoxy groups -OCH3 is 4. The van der Waals surface area contributed by atoms with E-state index in [1.54, 1.807) is 110 Å². The molecule has 42 heteroatoms. The van der Waals surface area contributed by atoms with Crippen LogP contribution < -0.4 is 19.9 Å². The summed E-state index contributed by atoms with van der Waals surface area (Å²) in [5.74, 6) is 3.10. The van der Waals surface area contributed by atoms with Crippen LogP contribution in [0.2, 0.25) is 10.0 Å². The third kappa shape index (κ3) is 26.5. The number of ether oxygens (including phenoxy) is 9. The topological polar surface area (TPSA) is 436 Å². The van der Waals surface area contributed by atoms with Crippen LogP contribution in [0.3, 0.4) is 0 Å². The Balaban J connectivity index is 0.000000126. The van der Waals surface area contributed by atoms with E-state index in [0.717, 1.165) is 90.5 Å². The normalized spacial score (nSPS) is 13.4. The molecule has 16 heterocycles. The molecule has 0 unspecified atom stereocenters. The lowest BCUT2D eigenvalue weighted by Crippen LogP contribution is -2.10. The molecule has 16 aromatic heterocycles. The van der Waals surface area contributed by atoms with Gasteiger partial charge in [0.2, 0.25) is 0 Å². The number of fused-ring (bicyclic) bond motifs is 6. The Bertz CT molecular complexity index is 7360. The lowest BCUT2D eigenvalue weighted by Gasteiger charge is -2.09. The first-order valence-electron chi connectivity index (χ1n) is 46.6. The number of aryl methyl sites for hydroxylation is 2. The lowest BCUT2D eigenvalue weighted by atomic mass is 10.1. The van der Waals surface area contributed by atoms with E-state index in [4.69, 9.17) is 90.8 Å². The number of carboxylic acids is 1. The molecule has 4 saturated carbocycles. The molecule has 4 aliphatic carbocycles. The molecule has 744 valence electrons. The summed E-state index contributed by atoms with van der Waals surface area (Å²) in [7, 11) is 2.81. The third-order valence-electron chi connectivity index (χ3n) is 23.4. The molecule has 0 radical (unpaired) electrons. The van der Waals surface area contributed by atoms with Gasteiger partial charge < -0.3 is 85.0 Å². The highest BCUT2D eigenvalue weighted by Crippen LogP contribution is 2.45. The number of carbonyl (C=O) groups excluding carboxylic acids is 3. The standard InChI is InChI=1S/C27H27ClN6O3.C20H24N4O4.C18H20N4O4.C17H18N4O3.C10H14O4S.C8H8ClN3/c1-36-8-9-37-26-10-19(18-2-3-18)13-33-15-22(31-27(26)33)16-34-14-20(12-30-34)25(35)5-4-23-24-11-21(28)6-7-32(24)17-29-23;1-3-27-20(25)16-9-21-24(11-16)13-17-12-23-10-15(14-4-5-14)8-18(19(23)22-17)28-7-6-26-2;1-25-4-5-26-16-6-13(12-2-3-12)8-21-10-15(20-17(16)21)11-22-9-14(7-19-22)18(23)24;1-2-24-17(23)13-6-18-21(8-13)10-14-9-20-7-12(11-3-4-11)5-15(22)16(20)19-14;1-9-3-5-10(6-4-9)15(11,12)14-8-7-13-2;9-6-1-2-12-5-11-7(4-10)8(12)3-6/h6-7,10-15,17-18H,2-5,8-9,16H2,1H3;8-12,14H,3-7,13H2,1-2H3;6-10,12H,2-5,11H2,1H3,(H,23,24);5-9,11,22H,2-4,10H2,1H3;3-6H,7-8H2,1-2H3;1-3,5H,4,10H2. The number of aromatic hydroxyl groups is 1. The van der Waals surface area contributed by atoms with E-state index in [1.165, 1.54) is 112 Å². The SMILES string of the molecule is CCOC(=O)c1cnn(Cc2cn3cc(C4CC4)cc(O)c3n2)c1.CCOC(=O)c1cnn(Cc2cn3cc(C4CC4)cc(OCCOC)c3n2)c1.COCCOS(=O)(=O)c1ccc(C)cc1.COCCOc1cc(C2CC2)cn2cc(Cn3cc(C(=O)CCc4ncn5ccc(Cl)cc45)cn3)nc12.COCCOc1cc(C2CC2)cn2cc(Cn3cc(C(=O)O)cn3)nc12.NCc1ncn2ccc(Cl)cc12. The van der Waals surface area contributed by atoms with Gasteiger partial charge in [0.25, 0.3) is 10.1 Å². The van der Waals surface area contributed by atoms with Gasteiger partial charge in [-0.3, -0.25) is 27.7 Å². The van der Waals surface area contributed by atoms with Gasteiger partial charge in [-0.25, -0.2) is 44.3 Å². The fourth-order valence-electron chi connectivity index (χ4n) is 15.6. The molecule has 0 atom stereocenters. The van der Waals surface area contributed by atoms with Crippen molar-refractivity contribution in [2.45, 2.75) is 146 Å². The fraction of sp³-hybridized carbons (Fsp3) is 0.360. The number of esters is 2. The van der Waals surface area contributed by atoms with Gasteiger partial charge in [0, 0.05) is 138 Å². The molecular weight excluding hydrogens is 1890 g/mol. The Labute approximate surface area is 826 Å². The predicted octanol–water partition coefficient (Wildman–Crippen LogP) is 14.6. The molecule has 17 aromatic rings. The van der Waals surface area contributed by atoms with Crippen molar-refractivity contribution in [1.29, 1.82) is 0 Å². The van der Waals surface area contributed by atoms with Gasteiger partial charge in [-0.15, -0.1) is 0 Å². The van der Waals surface area contributed by atoms with Gasteiger partial charge in [-0.2, -0.15) is 28.8 Å². The van der Waals surface area contributed by atoms with Crippen molar-refractivity contribution in [1.82, 2.24) is 95.4 Å². The number of carbonyl (C=O) groups is 4. The zero-order valence-electron chi connectivity index (χ0n) is 79.6. The summed E-state index contributed by atoms with van der Waals surface area (Å²) < 4.78 is 93.8. The number of pyridine rings is 6. The highest BCUT2D eigenvalue weighted by Gasteiger charge is 2.31. The molecule has 21 rings (SSSR count). The summed E-state index contributed by atoms with van der Waals surface area (Å²) >= 11 is 11.9. The molecule has 0 amide bonds. The molecule has 4 aliphatic rings. The van der Waals surface area contributed by atoms with Crippen LogP contribution in [0.25, 0.3) is 33.6 Å². The number of nitrogens with zero attached hydrogens (tertiary/aromatic N) is 20. The monoisotopic (exact) mass is 2000 g/mol. The number of halogens is 2. The van der Waals surface area contributed by atoms with Crippen LogP contribution in [0.1, 0.15) is 199 Å². The number of aromatic nitrogens is 20. The van der Waals surface area contributed by atoms with Crippen molar-refractivity contribution < 1.29 is 84.6 Å². The first kappa shape index (κ1) is 101. The maximum Gasteiger partial charge on any atom is 0.341 e. The van der Waals surface area contributed by atoms with E-state index < -0.39 is 16.1 Å². The Morgan fingerprint density at radius 3 is 1.18 bits per heavy atom. The Morgan fingerprint density at radius 2 is 0.796 bits per heavy atom. The smallest absolute Gasteiger partial charge is 0.341 e. The molecule has 4 N–H and O–H groups in total. The van der Waals surface area contributed by atoms with Gasteiger partial charge in [0.1, 0.15) is 19.8 Å². The Kier molecular flexibility index (Phi) is 33.3. The number of benzene rings is 1. The summed E-state index contributed by atoms with van der Waals surface area (Å²) in [6.07, 6.45) is 46.4. The number of hydrogen-bond donors (Lipinski definition) is 3. The fourth-order valence-corrected chi connectivity index (χ4v) is 16.8. The van der Waals surface area contributed by atoms with Crippen LogP contribution in [0.4, 0.5) is 0 Å². The number of aromatic carboxylic acids is 1. The summed E-state index contributed by atoms with van der Waals surface area (Å²) in [6.45, 7) is 11.5. The highest BCUT2D eigenvalue weighted by molar-refractivity contribution is 7.86. The second kappa shape index (κ2) is 46.9. The molecular formula is C100H111Cl2N21O18S. The number of imidazole rings is 6. The first-order valence-corrected chi connectivity index (χ1v) is 48.7. The molecule has 4 fully saturated rings. The minimum atomic E-state index is -3.63. The average Bonchev–Trinajstić information content (AvgIpc) is 1.64. The van der Waals surface area contributed by atoms with Crippen LogP contribution in [0.5, 0.6) is 23.0 Å². The summed E-state index contributed by atoms with van der Waals surface area (Å²) in [5.41, 5.74) is 22.7. The van der Waals surface area contributed by atoms with E-state index in [9.17, 15) is 32.7 Å². The molecule has 0 aliphatic heterocycles. The van der Waals surface area contributed by atoms with Crippen molar-refractivity contribution in [2.75, 3.05) is 94.5 Å². The number of rotatable bonds is 39. The number of Topliss-reactive ketones (excluding diaryl/α,β-unsaturated/α-hetero) is 1. The lowest BCUT2D eigenvalue weighted by molar-refractivity contribution is 0.0516. The number of hydrogen-bond acceptors (Lipinski definition) is 28. The second-order valence-electron chi connectivity index (χ2n) is 34.4. The maximum absolute atomic E-state index is 12.9. The number of nitrogens with two attached hydrogens (primary N) is 1. The third-order valence-corrected chi connectivity index (χ3v) is 25.2. The molecule has 1 aromatic carbocycles. The molecule has 39 nitrogen and oxygen atoms in total. The largest absolute Gasteiger partial charge is 0.504 e. The summed E-state index contributed by atoms with van der Waals surface area (Å²) in [4.78, 5) is 74.7. The highest BCUT2D eigenvalue weighted by atomic mass is 35.5. The zero-order valence-corrected chi connectivity index (χ0v) is 81.9. The predicted molar refractivity (Wildman–Crippen MR) is 524 cm³/mol. The first-order chi connectivity index (χ1) is 68.9. The van der Waals surface area contributed by atoms with Crippen LogP contribution in [0.15, 0.2) is 202 Å². The van der Waals surface area contributed by atoms with E-state index in [-0.39, 0.29) is 47.1 Å². The van der Waals surface area contributed by atoms with Crippen LogP contribution in [-0.4, -0.2) is 232 Å². The number of carboxylic acid groups (broad SMARTS) is 1. The molecule has 142 heavy (non-hydrogen) atoms. The molecule has 0 saturated heterocycles. The minimum Gasteiger partial charge on any atom is -0.504 e. The van der Waals surface area contributed by atoms with Crippen LogP contribution >= 0.6 is 23.2 Å². The second-order valence-corrected chi connectivity index (χ2v) is 36.9. The van der Waals surface area contributed by atoms with Crippen molar-refractivity contribution in [2.24, 2.45) is 5.73 Å². The van der Waals surface area contributed by atoms with E-state index >= 15 is 0 Å². The van der Waals surface area contributed by atoms with Crippen LogP contribution in [0, 0.1) is 6.92 Å². The Morgan fingerprint density at radius 1 is 0.437 bits per heavy atom. The van der Waals surface area contributed by atoms with Crippen molar-refractivity contribution in [3.8, 4) is 23.0 Å². The molecule has 0 spiro atoms. The Hall–Kier alpha value is -14.2. The quantitative estimate of drug-likeness (QED) is 0.0139. The summed E-state index contributed by atoms with van der Waals surface area (Å²) in [5, 5.41) is 37.4. The maximum atomic E-state index is 12.9. The van der Waals surface area contributed by atoms with E-state index in [0.29, 0.717) is 154 Å². The average molecular weight is 2000 g/mol. The van der Waals surface area contributed by atoms with Gasteiger partial charge in [0.15, 0.2) is 51.4 Å². The van der Waals surface area contributed by atoms with Gasteiger partial charge in [-0.1, -0.05) is 40.9 Å². The van der Waals surface area contributed by atoms with Gasteiger partial charge in [-0.05, 0) is 185 Å². The zero-order chi connectivity index (χ0) is 99.5. The minimum absolute atomic E-state index is 0.0207. The van der Waals surface area contributed by atoms with Crippen molar-refractivity contribution in [3.05, 3.63) is 291 Å². The van der Waals surface area contributed by atoms with Crippen LogP contribution in [-0.2, 0) is 81.9 Å². The van der Waals surface area contributed by atoms with E-state index in [1.807, 2.05) is 101 Å². The van der Waals surface area contributed by atoms with Gasteiger partial charge in [0.05, 0.1) is 182 Å². The molecule has 0 bridgehead atoms. The van der Waals surface area contributed by atoms with Crippen molar-refractivity contribution >= 4 is 90.6 Å². The summed E-state index contributed by atoms with van der Waals surface area (Å²) in [6, 6.07) is 21.9. The van der Waals surface area contributed by atoms with E-state index in [2.05, 4.69) is 77.1 Å². The number of ketones is 1.